The molecule has 0 unspecified atom stereocenters. The van der Waals surface area contributed by atoms with Crippen molar-refractivity contribution in [3.8, 4) is 0 Å². The summed E-state index contributed by atoms with van der Waals surface area (Å²) in [4.78, 5) is 9.03. The predicted molar refractivity (Wildman–Crippen MR) is 120 cm³/mol. The van der Waals surface area contributed by atoms with Gasteiger partial charge in [0.1, 0.15) is 11.6 Å². The molecule has 0 radical (unpaired) electrons. The normalized spacial score (nSPS) is 11.2. The van der Waals surface area contributed by atoms with E-state index in [2.05, 4.69) is 55.9 Å². The molecule has 0 aliphatic rings. The fourth-order valence-corrected chi connectivity index (χ4v) is 4.77. The van der Waals surface area contributed by atoms with E-state index in [4.69, 9.17) is 4.42 Å². The van der Waals surface area contributed by atoms with Crippen molar-refractivity contribution in [2.75, 3.05) is 0 Å². The number of hydrogen-bond acceptors (Lipinski definition) is 7. The molecule has 0 saturated heterocycles. The van der Waals surface area contributed by atoms with E-state index in [1.165, 1.54) is 11.1 Å². The topological polar surface area (TPSA) is 69.6 Å². The minimum absolute atomic E-state index is 0.597. The van der Waals surface area contributed by atoms with Gasteiger partial charge in [-0.25, -0.2) is 9.97 Å². The van der Waals surface area contributed by atoms with E-state index in [-0.39, 0.29) is 0 Å². The first-order valence-electron chi connectivity index (χ1n) is 9.65. The molecule has 6 nitrogen and oxygen atoms in total. The van der Waals surface area contributed by atoms with Gasteiger partial charge in [0.15, 0.2) is 10.3 Å². The van der Waals surface area contributed by atoms with Gasteiger partial charge in [-0.15, -0.1) is 10.2 Å². The molecule has 3 heterocycles. The van der Waals surface area contributed by atoms with Gasteiger partial charge < -0.3 is 4.42 Å². The third kappa shape index (κ3) is 5.31. The van der Waals surface area contributed by atoms with Crippen LogP contribution in [0.1, 0.15) is 34.1 Å². The van der Waals surface area contributed by atoms with E-state index in [1.807, 2.05) is 32.0 Å². The van der Waals surface area contributed by atoms with Crippen molar-refractivity contribution in [2.24, 2.45) is 0 Å². The Bertz CT molecular complexity index is 1090. The van der Waals surface area contributed by atoms with Crippen LogP contribution in [0.2, 0.25) is 0 Å². The Labute approximate surface area is 184 Å². The lowest BCUT2D eigenvalue weighted by atomic mass is 10.2. The van der Waals surface area contributed by atoms with Gasteiger partial charge in [-0.05, 0) is 44.5 Å². The fraction of sp³-hybridized carbons (Fsp3) is 0.273. The summed E-state index contributed by atoms with van der Waals surface area (Å²) in [5.41, 5.74) is 4.46. The second-order valence-electron chi connectivity index (χ2n) is 7.06. The molecule has 0 saturated carbocycles. The number of aryl methyl sites for hydroxylation is 3. The third-order valence-corrected chi connectivity index (χ3v) is 6.35. The average Bonchev–Trinajstić information content (AvgIpc) is 3.36. The first kappa shape index (κ1) is 20.7. The molecule has 0 atom stereocenters. The zero-order valence-electron chi connectivity index (χ0n) is 17.2. The molecule has 30 heavy (non-hydrogen) atoms. The van der Waals surface area contributed by atoms with Gasteiger partial charge in [0.2, 0.25) is 0 Å². The first-order valence-corrected chi connectivity index (χ1v) is 11.6. The van der Waals surface area contributed by atoms with Gasteiger partial charge in [-0.3, -0.25) is 4.57 Å². The fourth-order valence-electron chi connectivity index (χ4n) is 2.97. The molecule has 4 aromatic rings. The Morgan fingerprint density at radius 1 is 0.900 bits per heavy atom. The van der Waals surface area contributed by atoms with Crippen LogP contribution in [0.15, 0.2) is 63.5 Å². The Balaban J connectivity index is 1.52. The number of nitrogens with zero attached hydrogens (tertiary/aromatic N) is 5. The van der Waals surface area contributed by atoms with Crippen molar-refractivity contribution >= 4 is 23.5 Å². The highest BCUT2D eigenvalue weighted by molar-refractivity contribution is 7.98. The Morgan fingerprint density at radius 2 is 1.67 bits per heavy atom. The molecule has 8 heteroatoms. The lowest BCUT2D eigenvalue weighted by Gasteiger charge is -2.09. The third-order valence-electron chi connectivity index (χ3n) is 4.47. The summed E-state index contributed by atoms with van der Waals surface area (Å²) in [6.07, 6.45) is 1.69. The van der Waals surface area contributed by atoms with Crippen LogP contribution in [-0.4, -0.2) is 24.7 Å². The highest BCUT2D eigenvalue weighted by atomic mass is 32.2. The van der Waals surface area contributed by atoms with Crippen LogP contribution in [0.4, 0.5) is 0 Å². The Morgan fingerprint density at radius 3 is 2.37 bits per heavy atom. The number of aromatic nitrogens is 5. The Hall–Kier alpha value is -2.58. The molecule has 0 fully saturated rings. The van der Waals surface area contributed by atoms with Crippen LogP contribution >= 0.6 is 23.5 Å². The molecular weight excluding hydrogens is 414 g/mol. The maximum atomic E-state index is 5.57. The summed E-state index contributed by atoms with van der Waals surface area (Å²) in [6, 6.07) is 14.4. The SMILES string of the molecule is Cc1ccc(CSc2nnc(CSc3nc(C)cc(C)n3)n2Cc2ccco2)cc1. The minimum atomic E-state index is 0.597. The number of furan rings is 1. The van der Waals surface area contributed by atoms with Crippen molar-refractivity contribution in [3.05, 3.63) is 82.8 Å². The van der Waals surface area contributed by atoms with E-state index < -0.39 is 0 Å². The summed E-state index contributed by atoms with van der Waals surface area (Å²) < 4.78 is 7.69. The van der Waals surface area contributed by atoms with Crippen LogP contribution in [0, 0.1) is 20.8 Å². The Kier molecular flexibility index (Phi) is 6.54. The maximum Gasteiger partial charge on any atom is 0.191 e. The smallest absolute Gasteiger partial charge is 0.191 e. The van der Waals surface area contributed by atoms with Crippen molar-refractivity contribution in [3.63, 3.8) is 0 Å². The van der Waals surface area contributed by atoms with E-state index in [0.717, 1.165) is 39.0 Å². The maximum absolute atomic E-state index is 5.57. The van der Waals surface area contributed by atoms with Crippen LogP contribution in [-0.2, 0) is 18.1 Å². The number of thioether (sulfide) groups is 2. The van der Waals surface area contributed by atoms with Gasteiger partial charge in [0.05, 0.1) is 18.6 Å². The van der Waals surface area contributed by atoms with Crippen molar-refractivity contribution < 1.29 is 4.42 Å². The monoisotopic (exact) mass is 437 g/mol. The van der Waals surface area contributed by atoms with Gasteiger partial charge >= 0.3 is 0 Å². The molecule has 0 spiro atoms. The molecule has 0 aliphatic carbocycles. The van der Waals surface area contributed by atoms with E-state index >= 15 is 0 Å². The van der Waals surface area contributed by atoms with Gasteiger partial charge in [-0.1, -0.05) is 53.4 Å². The molecule has 4 rings (SSSR count). The summed E-state index contributed by atoms with van der Waals surface area (Å²) in [5.74, 6) is 3.23. The van der Waals surface area contributed by atoms with E-state index in [1.54, 1.807) is 29.8 Å². The van der Waals surface area contributed by atoms with E-state index in [0.29, 0.717) is 12.3 Å². The van der Waals surface area contributed by atoms with Gasteiger partial charge in [0, 0.05) is 17.1 Å². The van der Waals surface area contributed by atoms with Crippen LogP contribution in [0.3, 0.4) is 0 Å². The largest absolute Gasteiger partial charge is 0.467 e. The lowest BCUT2D eigenvalue weighted by molar-refractivity contribution is 0.480. The second-order valence-corrected chi connectivity index (χ2v) is 8.95. The van der Waals surface area contributed by atoms with Crippen molar-refractivity contribution in [1.82, 2.24) is 24.7 Å². The van der Waals surface area contributed by atoms with Crippen molar-refractivity contribution in [2.45, 2.75) is 49.1 Å². The summed E-state index contributed by atoms with van der Waals surface area (Å²) in [5, 5.41) is 10.6. The summed E-state index contributed by atoms with van der Waals surface area (Å²) >= 11 is 3.26. The quantitative estimate of drug-likeness (QED) is 0.276. The zero-order chi connectivity index (χ0) is 20.9. The van der Waals surface area contributed by atoms with Crippen LogP contribution in [0.5, 0.6) is 0 Å². The van der Waals surface area contributed by atoms with Crippen LogP contribution < -0.4 is 0 Å². The number of benzene rings is 1. The standard InChI is InChI=1S/C22H23N5OS2/c1-15-6-8-18(9-7-15)13-30-22-26-25-20(27(22)12-19-5-4-10-28-19)14-29-21-23-16(2)11-17(3)24-21/h4-11H,12-14H2,1-3H3. The van der Waals surface area contributed by atoms with Gasteiger partial charge in [0.25, 0.3) is 0 Å². The summed E-state index contributed by atoms with van der Waals surface area (Å²) in [6.45, 7) is 6.66. The highest BCUT2D eigenvalue weighted by Gasteiger charge is 2.15. The molecule has 0 amide bonds. The van der Waals surface area contributed by atoms with Crippen molar-refractivity contribution in [1.29, 1.82) is 0 Å². The molecule has 0 aliphatic heterocycles. The summed E-state index contributed by atoms with van der Waals surface area (Å²) in [7, 11) is 0. The first-order chi connectivity index (χ1) is 14.6. The number of hydrogen-bond donors (Lipinski definition) is 0. The molecule has 0 bridgehead atoms. The van der Waals surface area contributed by atoms with Gasteiger partial charge in [-0.2, -0.15) is 0 Å². The average molecular weight is 438 g/mol. The molecule has 0 N–H and O–H groups in total. The number of rotatable bonds is 8. The zero-order valence-corrected chi connectivity index (χ0v) is 18.8. The lowest BCUT2D eigenvalue weighted by Crippen LogP contribution is -2.06. The molecule has 1 aromatic carbocycles. The second kappa shape index (κ2) is 9.49. The molecular formula is C22H23N5OS2. The highest BCUT2D eigenvalue weighted by Crippen LogP contribution is 2.26. The van der Waals surface area contributed by atoms with Crippen LogP contribution in [0.25, 0.3) is 0 Å². The minimum Gasteiger partial charge on any atom is -0.467 e. The molecule has 154 valence electrons. The molecule has 3 aromatic heterocycles. The van der Waals surface area contributed by atoms with E-state index in [9.17, 15) is 0 Å². The predicted octanol–water partition coefficient (Wildman–Crippen LogP) is 5.22.